The van der Waals surface area contributed by atoms with E-state index in [0.29, 0.717) is 0 Å². The second-order valence-electron chi connectivity index (χ2n) is 6.46. The molecule has 0 spiro atoms. The fourth-order valence-corrected chi connectivity index (χ4v) is 3.50. The van der Waals surface area contributed by atoms with Crippen LogP contribution in [0.25, 0.3) is 11.0 Å². The molecule has 0 unspecified atom stereocenters. The van der Waals surface area contributed by atoms with Crippen LogP contribution in [0.5, 0.6) is 0 Å². The Morgan fingerprint density at radius 2 is 1.92 bits per heavy atom. The fourth-order valence-electron chi connectivity index (χ4n) is 3.50. The Morgan fingerprint density at radius 3 is 2.68 bits per heavy atom. The highest BCUT2D eigenvalue weighted by Crippen LogP contribution is 2.26. The van der Waals surface area contributed by atoms with E-state index in [4.69, 9.17) is 0 Å². The second kappa shape index (κ2) is 6.40. The molecule has 0 saturated carbocycles. The minimum Gasteiger partial charge on any atom is -0.353 e. The third-order valence-electron chi connectivity index (χ3n) is 5.00. The van der Waals surface area contributed by atoms with E-state index in [1.165, 1.54) is 6.07 Å². The average Bonchev–Trinajstić information content (AvgIpc) is 3.03. The highest BCUT2D eigenvalue weighted by atomic mass is 19.1. The molecule has 1 aliphatic heterocycles. The van der Waals surface area contributed by atoms with Gasteiger partial charge in [-0.05, 0) is 24.6 Å². The van der Waals surface area contributed by atoms with Crippen molar-refractivity contribution in [3.8, 4) is 0 Å². The van der Waals surface area contributed by atoms with E-state index in [1.807, 2.05) is 19.3 Å². The molecule has 3 heterocycles. The maximum absolute atomic E-state index is 13.5. The minimum atomic E-state index is -0.178. The van der Waals surface area contributed by atoms with Gasteiger partial charge in [0, 0.05) is 39.3 Å². The number of rotatable bonds is 3. The SMILES string of the molecule is C[C@H](c1cccc(F)c1)N1CCN(c2ncnc3c2cnn3C)CC1. The van der Waals surface area contributed by atoms with Crippen LogP contribution in [0.3, 0.4) is 0 Å². The molecule has 25 heavy (non-hydrogen) atoms. The lowest BCUT2D eigenvalue weighted by molar-refractivity contribution is 0.198. The van der Waals surface area contributed by atoms with Crippen molar-refractivity contribution in [3.63, 3.8) is 0 Å². The first kappa shape index (κ1) is 16.0. The van der Waals surface area contributed by atoms with Gasteiger partial charge in [-0.3, -0.25) is 9.58 Å². The van der Waals surface area contributed by atoms with Gasteiger partial charge in [0.1, 0.15) is 18.0 Å². The van der Waals surface area contributed by atoms with E-state index in [1.54, 1.807) is 23.1 Å². The van der Waals surface area contributed by atoms with Gasteiger partial charge < -0.3 is 4.90 Å². The second-order valence-corrected chi connectivity index (χ2v) is 6.46. The Kier molecular flexibility index (Phi) is 4.09. The van der Waals surface area contributed by atoms with Crippen molar-refractivity contribution in [2.45, 2.75) is 13.0 Å². The highest BCUT2D eigenvalue weighted by Gasteiger charge is 2.24. The van der Waals surface area contributed by atoms with Gasteiger partial charge in [-0.2, -0.15) is 5.10 Å². The van der Waals surface area contributed by atoms with Gasteiger partial charge in [0.15, 0.2) is 5.65 Å². The van der Waals surface area contributed by atoms with E-state index in [-0.39, 0.29) is 11.9 Å². The molecular formula is C18H21FN6. The number of halogens is 1. The summed E-state index contributed by atoms with van der Waals surface area (Å²) in [4.78, 5) is 13.4. The van der Waals surface area contributed by atoms with Crippen LogP contribution in [0, 0.1) is 5.82 Å². The summed E-state index contributed by atoms with van der Waals surface area (Å²) < 4.78 is 15.2. The molecule has 7 heteroatoms. The van der Waals surface area contributed by atoms with Crippen LogP contribution in [0.4, 0.5) is 10.2 Å². The Bertz CT molecular complexity index is 884. The van der Waals surface area contributed by atoms with E-state index in [2.05, 4.69) is 31.8 Å². The molecule has 1 saturated heterocycles. The smallest absolute Gasteiger partial charge is 0.163 e. The number of anilines is 1. The molecule has 2 aromatic heterocycles. The van der Waals surface area contributed by atoms with Crippen molar-refractivity contribution in [1.82, 2.24) is 24.6 Å². The lowest BCUT2D eigenvalue weighted by Gasteiger charge is -2.38. The number of aryl methyl sites for hydroxylation is 1. The summed E-state index contributed by atoms with van der Waals surface area (Å²) in [6, 6.07) is 7.08. The molecule has 1 atom stereocenters. The summed E-state index contributed by atoms with van der Waals surface area (Å²) in [6.07, 6.45) is 3.42. The summed E-state index contributed by atoms with van der Waals surface area (Å²) in [5, 5.41) is 5.27. The van der Waals surface area contributed by atoms with Crippen molar-refractivity contribution in [1.29, 1.82) is 0 Å². The van der Waals surface area contributed by atoms with Gasteiger partial charge in [-0.1, -0.05) is 12.1 Å². The first-order chi connectivity index (χ1) is 12.1. The molecule has 3 aromatic rings. The number of hydrogen-bond acceptors (Lipinski definition) is 5. The standard InChI is InChI=1S/C18H21FN6/c1-13(14-4-3-5-15(19)10-14)24-6-8-25(9-7-24)18-16-11-22-23(2)17(16)20-12-21-18/h3-5,10-13H,6-9H2,1-2H3/t13-/m1/s1. The zero-order valence-electron chi connectivity index (χ0n) is 14.4. The molecule has 0 bridgehead atoms. The number of hydrogen-bond donors (Lipinski definition) is 0. The van der Waals surface area contributed by atoms with Crippen molar-refractivity contribution in [3.05, 3.63) is 48.2 Å². The lowest BCUT2D eigenvalue weighted by Crippen LogP contribution is -2.47. The van der Waals surface area contributed by atoms with Gasteiger partial charge in [-0.25, -0.2) is 14.4 Å². The summed E-state index contributed by atoms with van der Waals surface area (Å²) in [6.45, 7) is 5.70. The van der Waals surface area contributed by atoms with E-state index in [9.17, 15) is 4.39 Å². The van der Waals surface area contributed by atoms with Crippen LogP contribution in [0.2, 0.25) is 0 Å². The summed E-state index contributed by atoms with van der Waals surface area (Å²) in [5.74, 6) is 0.763. The summed E-state index contributed by atoms with van der Waals surface area (Å²) in [5.41, 5.74) is 1.87. The van der Waals surface area contributed by atoms with Crippen molar-refractivity contribution in [2.75, 3.05) is 31.1 Å². The van der Waals surface area contributed by atoms with Crippen molar-refractivity contribution in [2.24, 2.45) is 7.05 Å². The minimum absolute atomic E-state index is 0.178. The fraction of sp³-hybridized carbons (Fsp3) is 0.389. The monoisotopic (exact) mass is 340 g/mol. The number of fused-ring (bicyclic) bond motifs is 1. The van der Waals surface area contributed by atoms with E-state index in [0.717, 1.165) is 48.6 Å². The molecule has 1 fully saturated rings. The third kappa shape index (κ3) is 2.95. The molecular weight excluding hydrogens is 319 g/mol. The molecule has 1 aromatic carbocycles. The van der Waals surface area contributed by atoms with Gasteiger partial charge in [0.2, 0.25) is 0 Å². The molecule has 0 radical (unpaired) electrons. The van der Waals surface area contributed by atoms with Gasteiger partial charge >= 0.3 is 0 Å². The van der Waals surface area contributed by atoms with Crippen LogP contribution < -0.4 is 4.90 Å². The summed E-state index contributed by atoms with van der Waals surface area (Å²) >= 11 is 0. The Hall–Kier alpha value is -2.54. The third-order valence-corrected chi connectivity index (χ3v) is 5.00. The van der Waals surface area contributed by atoms with Gasteiger partial charge in [0.05, 0.1) is 11.6 Å². The number of piperazine rings is 1. The molecule has 0 N–H and O–H groups in total. The van der Waals surface area contributed by atoms with Crippen molar-refractivity contribution >= 4 is 16.9 Å². The van der Waals surface area contributed by atoms with Crippen LogP contribution in [-0.2, 0) is 7.05 Å². The van der Waals surface area contributed by atoms with Gasteiger partial charge in [0.25, 0.3) is 0 Å². The molecule has 1 aliphatic rings. The Labute approximate surface area is 145 Å². The number of nitrogens with zero attached hydrogens (tertiary/aromatic N) is 6. The normalized spacial score (nSPS) is 17.2. The van der Waals surface area contributed by atoms with E-state index < -0.39 is 0 Å². The molecule has 130 valence electrons. The molecule has 0 aliphatic carbocycles. The lowest BCUT2D eigenvalue weighted by atomic mass is 10.1. The quantitative estimate of drug-likeness (QED) is 0.733. The molecule has 6 nitrogen and oxygen atoms in total. The summed E-state index contributed by atoms with van der Waals surface area (Å²) in [7, 11) is 1.89. The highest BCUT2D eigenvalue weighted by molar-refractivity contribution is 5.86. The van der Waals surface area contributed by atoms with Gasteiger partial charge in [-0.15, -0.1) is 0 Å². The zero-order valence-corrected chi connectivity index (χ0v) is 14.4. The predicted molar refractivity (Wildman–Crippen MR) is 94.9 cm³/mol. The zero-order chi connectivity index (χ0) is 17.4. The number of aromatic nitrogens is 4. The first-order valence-corrected chi connectivity index (χ1v) is 8.50. The topological polar surface area (TPSA) is 50.1 Å². The van der Waals surface area contributed by atoms with Crippen LogP contribution in [0.15, 0.2) is 36.8 Å². The maximum Gasteiger partial charge on any atom is 0.163 e. The van der Waals surface area contributed by atoms with Crippen molar-refractivity contribution < 1.29 is 4.39 Å². The molecule has 0 amide bonds. The van der Waals surface area contributed by atoms with Crippen LogP contribution in [0.1, 0.15) is 18.5 Å². The molecule has 4 rings (SSSR count). The average molecular weight is 340 g/mol. The van der Waals surface area contributed by atoms with E-state index >= 15 is 0 Å². The maximum atomic E-state index is 13.5. The first-order valence-electron chi connectivity index (χ1n) is 8.50. The van der Waals surface area contributed by atoms with Crippen LogP contribution >= 0.6 is 0 Å². The largest absolute Gasteiger partial charge is 0.353 e. The predicted octanol–water partition coefficient (Wildman–Crippen LogP) is 2.39. The van der Waals surface area contributed by atoms with Crippen LogP contribution in [-0.4, -0.2) is 50.8 Å². The Morgan fingerprint density at radius 1 is 1.12 bits per heavy atom. The Balaban J connectivity index is 1.49. The number of benzene rings is 1.